The lowest BCUT2D eigenvalue weighted by Crippen LogP contribution is -2.34. The molecule has 1 aliphatic rings. The topological polar surface area (TPSA) is 67.3 Å². The summed E-state index contributed by atoms with van der Waals surface area (Å²) in [6, 6.07) is 7.03. The number of benzene rings is 1. The normalized spacial score (nSPS) is 15.8. The van der Waals surface area contributed by atoms with Crippen LogP contribution >= 0.6 is 11.9 Å². The Morgan fingerprint density at radius 1 is 1.19 bits per heavy atom. The second-order valence-electron chi connectivity index (χ2n) is 7.72. The summed E-state index contributed by atoms with van der Waals surface area (Å²) < 4.78 is 21.7. The van der Waals surface area contributed by atoms with Gasteiger partial charge in [-0.1, -0.05) is 0 Å². The largest absolute Gasteiger partial charge is 0.385 e. The fourth-order valence-corrected chi connectivity index (χ4v) is 4.78. The van der Waals surface area contributed by atoms with E-state index in [0.717, 1.165) is 47.8 Å². The first-order valence-electron chi connectivity index (χ1n) is 10.6. The molecule has 0 amide bonds. The van der Waals surface area contributed by atoms with Crippen LogP contribution in [0, 0.1) is 5.82 Å². The minimum atomic E-state index is -0.235. The molecule has 4 rings (SSSR count). The van der Waals surface area contributed by atoms with Gasteiger partial charge in [-0.05, 0) is 56.6 Å². The van der Waals surface area contributed by atoms with Crippen molar-refractivity contribution in [2.24, 2.45) is 0 Å². The third kappa shape index (κ3) is 5.23. The number of fused-ring (bicyclic) bond motifs is 1. The van der Waals surface area contributed by atoms with Crippen LogP contribution in [0.5, 0.6) is 0 Å². The molecule has 32 heavy (non-hydrogen) atoms. The predicted molar refractivity (Wildman–Crippen MR) is 124 cm³/mol. The van der Waals surface area contributed by atoms with Crippen molar-refractivity contribution in [2.45, 2.75) is 30.7 Å². The first-order valence-corrected chi connectivity index (χ1v) is 11.4. The zero-order valence-electron chi connectivity index (χ0n) is 18.5. The number of ether oxygens (including phenoxy) is 1. The molecule has 2 aromatic heterocycles. The molecule has 1 unspecified atom stereocenters. The quantitative estimate of drug-likeness (QED) is 0.371. The molecule has 9 heteroatoms. The van der Waals surface area contributed by atoms with Gasteiger partial charge in [-0.2, -0.15) is 0 Å². The van der Waals surface area contributed by atoms with Gasteiger partial charge in [0.25, 0.3) is 0 Å². The van der Waals surface area contributed by atoms with Gasteiger partial charge in [-0.3, -0.25) is 0 Å². The minimum absolute atomic E-state index is 0.0311. The van der Waals surface area contributed by atoms with Crippen molar-refractivity contribution in [3.8, 4) is 11.6 Å². The summed E-state index contributed by atoms with van der Waals surface area (Å²) in [6.07, 6.45) is 6.90. The molecule has 0 N–H and O–H groups in total. The first kappa shape index (κ1) is 22.6. The SMILES string of the molecule is COCCCN(C)Sc1cc(F)cc(N2CCc3nc(-c4ncccn4)ncc3C2C)c1. The fraction of sp³-hybridized carbons (Fsp3) is 0.391. The van der Waals surface area contributed by atoms with Gasteiger partial charge < -0.3 is 9.64 Å². The van der Waals surface area contributed by atoms with E-state index in [4.69, 9.17) is 9.72 Å². The summed E-state index contributed by atoms with van der Waals surface area (Å²) in [6.45, 7) is 4.43. The Morgan fingerprint density at radius 2 is 2.00 bits per heavy atom. The van der Waals surface area contributed by atoms with Gasteiger partial charge in [0.05, 0.1) is 11.7 Å². The zero-order chi connectivity index (χ0) is 22.5. The van der Waals surface area contributed by atoms with Crippen LogP contribution in [0.1, 0.15) is 30.6 Å². The van der Waals surface area contributed by atoms with Gasteiger partial charge in [-0.25, -0.2) is 28.6 Å². The van der Waals surface area contributed by atoms with E-state index >= 15 is 0 Å². The van der Waals surface area contributed by atoms with E-state index in [2.05, 4.69) is 37.1 Å². The van der Waals surface area contributed by atoms with Crippen LogP contribution in [0.3, 0.4) is 0 Å². The highest BCUT2D eigenvalue weighted by atomic mass is 32.2. The Balaban J connectivity index is 1.52. The predicted octanol–water partition coefficient (Wildman–Crippen LogP) is 4.17. The van der Waals surface area contributed by atoms with E-state index in [1.807, 2.05) is 13.2 Å². The molecule has 1 atom stereocenters. The number of nitrogens with zero attached hydrogens (tertiary/aromatic N) is 6. The van der Waals surface area contributed by atoms with Gasteiger partial charge in [0.15, 0.2) is 11.6 Å². The highest BCUT2D eigenvalue weighted by molar-refractivity contribution is 7.97. The second kappa shape index (κ2) is 10.3. The molecule has 1 aromatic carbocycles. The van der Waals surface area contributed by atoms with E-state index < -0.39 is 0 Å². The van der Waals surface area contributed by atoms with Crippen LogP contribution < -0.4 is 4.90 Å². The first-order chi connectivity index (χ1) is 15.5. The summed E-state index contributed by atoms with van der Waals surface area (Å²) in [5, 5.41) is 0. The summed E-state index contributed by atoms with van der Waals surface area (Å²) in [5.74, 6) is 0.818. The molecule has 3 aromatic rings. The fourth-order valence-electron chi connectivity index (χ4n) is 3.86. The molecule has 7 nitrogen and oxygen atoms in total. The molecule has 0 spiro atoms. The lowest BCUT2D eigenvalue weighted by Gasteiger charge is -2.36. The molecule has 3 heterocycles. The standard InChI is InChI=1S/C23H27FN6OS/c1-16-20-15-27-23(22-25-7-4-8-26-22)28-21(20)6-10-30(16)18-12-17(24)13-19(14-18)32-29(2)9-5-11-31-3/h4,7-8,12-16H,5-6,9-11H2,1-3H3. The van der Waals surface area contributed by atoms with Gasteiger partial charge in [0.2, 0.25) is 0 Å². The van der Waals surface area contributed by atoms with Crippen LogP contribution in [-0.2, 0) is 11.2 Å². The lowest BCUT2D eigenvalue weighted by molar-refractivity contribution is 0.190. The van der Waals surface area contributed by atoms with Crippen molar-refractivity contribution in [2.75, 3.05) is 38.8 Å². The number of hydrogen-bond acceptors (Lipinski definition) is 8. The number of hydrogen-bond donors (Lipinski definition) is 0. The molecule has 0 radical (unpaired) electrons. The molecular formula is C23H27FN6OS. The van der Waals surface area contributed by atoms with Crippen LogP contribution in [-0.4, -0.2) is 58.1 Å². The molecule has 0 fully saturated rings. The Morgan fingerprint density at radius 3 is 2.78 bits per heavy atom. The van der Waals surface area contributed by atoms with Crippen LogP contribution in [0.25, 0.3) is 11.6 Å². The Labute approximate surface area is 192 Å². The van der Waals surface area contributed by atoms with E-state index in [-0.39, 0.29) is 11.9 Å². The van der Waals surface area contributed by atoms with Crippen molar-refractivity contribution in [1.29, 1.82) is 0 Å². The Kier molecular flexibility index (Phi) is 7.29. The van der Waals surface area contributed by atoms with Gasteiger partial charge in [-0.15, -0.1) is 0 Å². The van der Waals surface area contributed by atoms with Gasteiger partial charge in [0, 0.05) is 68.0 Å². The third-order valence-corrected chi connectivity index (χ3v) is 6.38. The van der Waals surface area contributed by atoms with Crippen LogP contribution in [0.4, 0.5) is 10.1 Å². The van der Waals surface area contributed by atoms with E-state index in [1.165, 1.54) is 0 Å². The molecule has 1 aliphatic heterocycles. The van der Waals surface area contributed by atoms with E-state index in [0.29, 0.717) is 18.3 Å². The highest BCUT2D eigenvalue weighted by Gasteiger charge is 2.27. The van der Waals surface area contributed by atoms with E-state index in [9.17, 15) is 4.39 Å². The zero-order valence-corrected chi connectivity index (χ0v) is 19.3. The average molecular weight is 455 g/mol. The highest BCUT2D eigenvalue weighted by Crippen LogP contribution is 2.35. The number of aromatic nitrogens is 4. The summed E-state index contributed by atoms with van der Waals surface area (Å²) >= 11 is 1.55. The monoisotopic (exact) mass is 454 g/mol. The average Bonchev–Trinajstić information content (AvgIpc) is 2.79. The van der Waals surface area contributed by atoms with Crippen LogP contribution in [0.2, 0.25) is 0 Å². The lowest BCUT2D eigenvalue weighted by atomic mass is 9.98. The summed E-state index contributed by atoms with van der Waals surface area (Å²) in [4.78, 5) is 20.8. The van der Waals surface area contributed by atoms with Gasteiger partial charge in [0.1, 0.15) is 5.82 Å². The smallest absolute Gasteiger partial charge is 0.197 e. The Bertz CT molecular complexity index is 1050. The third-order valence-electron chi connectivity index (χ3n) is 5.44. The number of methoxy groups -OCH3 is 1. The van der Waals surface area contributed by atoms with Crippen LogP contribution in [0.15, 0.2) is 47.8 Å². The molecule has 0 aliphatic carbocycles. The maximum Gasteiger partial charge on any atom is 0.197 e. The molecule has 0 bridgehead atoms. The summed E-state index contributed by atoms with van der Waals surface area (Å²) in [7, 11) is 3.71. The number of rotatable bonds is 8. The van der Waals surface area contributed by atoms with E-state index in [1.54, 1.807) is 49.7 Å². The molecule has 168 valence electrons. The van der Waals surface area contributed by atoms with Crippen molar-refractivity contribution < 1.29 is 9.13 Å². The molecule has 0 saturated heterocycles. The van der Waals surface area contributed by atoms with Crippen molar-refractivity contribution in [3.63, 3.8) is 0 Å². The number of anilines is 1. The maximum absolute atomic E-state index is 14.5. The second-order valence-corrected chi connectivity index (χ2v) is 9.00. The summed E-state index contributed by atoms with van der Waals surface area (Å²) in [5.41, 5.74) is 2.91. The molecule has 0 saturated carbocycles. The van der Waals surface area contributed by atoms with Crippen molar-refractivity contribution in [3.05, 3.63) is 59.9 Å². The van der Waals surface area contributed by atoms with Crippen molar-refractivity contribution >= 4 is 17.6 Å². The maximum atomic E-state index is 14.5. The minimum Gasteiger partial charge on any atom is -0.385 e. The van der Waals surface area contributed by atoms with Gasteiger partial charge >= 0.3 is 0 Å². The Hall–Kier alpha value is -2.62. The molecular weight excluding hydrogens is 427 g/mol. The number of halogens is 1. The van der Waals surface area contributed by atoms with Crippen molar-refractivity contribution in [1.82, 2.24) is 24.2 Å².